The molecule has 46 heavy (non-hydrogen) atoms. The summed E-state index contributed by atoms with van der Waals surface area (Å²) in [6, 6.07) is 32.8. The molecule has 1 amide bonds. The van der Waals surface area contributed by atoms with Crippen molar-refractivity contribution in [1.82, 2.24) is 9.78 Å². The van der Waals surface area contributed by atoms with Crippen LogP contribution in [0.1, 0.15) is 60.3 Å². The van der Waals surface area contributed by atoms with Gasteiger partial charge in [0.1, 0.15) is 5.69 Å². The van der Waals surface area contributed by atoms with E-state index in [1.54, 1.807) is 18.2 Å². The largest absolute Gasteiger partial charge is 0.435 e. The molecule has 0 aliphatic heterocycles. The van der Waals surface area contributed by atoms with E-state index >= 15 is 0 Å². The minimum absolute atomic E-state index is 0.166. The van der Waals surface area contributed by atoms with Gasteiger partial charge in [-0.05, 0) is 77.6 Å². The van der Waals surface area contributed by atoms with E-state index in [4.69, 9.17) is 0 Å². The van der Waals surface area contributed by atoms with Crippen molar-refractivity contribution in [1.29, 1.82) is 5.26 Å². The molecule has 0 bridgehead atoms. The van der Waals surface area contributed by atoms with Crippen molar-refractivity contribution >= 4 is 17.3 Å². The maximum atomic E-state index is 13.6. The van der Waals surface area contributed by atoms with Crippen LogP contribution in [0.15, 0.2) is 103 Å². The molecular weight excluding hydrogens is 587 g/mol. The van der Waals surface area contributed by atoms with Crippen molar-refractivity contribution in [2.24, 2.45) is 0 Å². The minimum atomic E-state index is -4.76. The average molecular weight is 620 g/mol. The summed E-state index contributed by atoms with van der Waals surface area (Å²) in [6.07, 6.45) is 2.89. The number of nitrogens with one attached hydrogen (secondary N) is 2. The summed E-state index contributed by atoms with van der Waals surface area (Å²) in [5.74, 6) is -0.769. The van der Waals surface area contributed by atoms with E-state index in [1.165, 1.54) is 62.8 Å². The van der Waals surface area contributed by atoms with E-state index in [9.17, 15) is 23.2 Å². The maximum Gasteiger partial charge on any atom is 0.435 e. The van der Waals surface area contributed by atoms with E-state index in [0.717, 1.165) is 32.6 Å². The quantitative estimate of drug-likeness (QED) is 0.178. The number of benzene rings is 4. The molecule has 2 N–H and O–H groups in total. The minimum Gasteiger partial charge on any atom is -0.382 e. The molecule has 0 saturated heterocycles. The Morgan fingerprint density at radius 2 is 1.39 bits per heavy atom. The van der Waals surface area contributed by atoms with Crippen LogP contribution in [0, 0.1) is 11.3 Å². The molecule has 9 heteroatoms. The zero-order chi connectivity index (χ0) is 32.1. The first kappa shape index (κ1) is 30.7. The maximum absolute atomic E-state index is 13.6. The molecule has 1 heterocycles. The highest BCUT2D eigenvalue weighted by atomic mass is 19.4. The lowest BCUT2D eigenvalue weighted by Gasteiger charge is -2.18. The third-order valence-electron chi connectivity index (χ3n) is 8.24. The number of amides is 1. The number of halogens is 3. The van der Waals surface area contributed by atoms with Crippen LogP contribution in [0.2, 0.25) is 0 Å². The fourth-order valence-corrected chi connectivity index (χ4v) is 5.83. The summed E-state index contributed by atoms with van der Waals surface area (Å²) >= 11 is 0. The topological polar surface area (TPSA) is 82.7 Å². The van der Waals surface area contributed by atoms with Gasteiger partial charge in [-0.25, -0.2) is 4.68 Å². The molecule has 1 aliphatic carbocycles. The van der Waals surface area contributed by atoms with Crippen molar-refractivity contribution < 1.29 is 18.0 Å². The Hall–Kier alpha value is -5.36. The summed E-state index contributed by atoms with van der Waals surface area (Å²) in [7, 11) is 0. The number of hydrogen-bond acceptors (Lipinski definition) is 4. The van der Waals surface area contributed by atoms with E-state index in [1.807, 2.05) is 36.4 Å². The first-order chi connectivity index (χ1) is 22.3. The number of rotatable bonds is 7. The molecule has 6 nitrogen and oxygen atoms in total. The summed E-state index contributed by atoms with van der Waals surface area (Å²) in [5, 5.41) is 19.3. The van der Waals surface area contributed by atoms with Crippen LogP contribution in [0.4, 0.5) is 24.5 Å². The van der Waals surface area contributed by atoms with Crippen molar-refractivity contribution in [2.45, 2.75) is 50.7 Å². The summed E-state index contributed by atoms with van der Waals surface area (Å²) in [4.78, 5) is 13.3. The van der Waals surface area contributed by atoms with E-state index in [2.05, 4.69) is 40.0 Å². The highest BCUT2D eigenvalue weighted by Gasteiger charge is 2.36. The standard InChI is InChI=1S/C37H32F3N5O/c38-37(39,40)35-23-34(45(44-35)33-12-5-7-25(21-33)24-41)36(46)43-32-11-6-8-29(22-32)28-15-13-26(14-16-28)27-17-19-31(20-18-27)42-30-9-3-1-2-4-10-30/h5-8,11-23,30,42H,1-4,9-10H2,(H,43,46). The van der Waals surface area contributed by atoms with Crippen LogP contribution in [0.25, 0.3) is 27.9 Å². The van der Waals surface area contributed by atoms with Gasteiger partial charge in [0, 0.05) is 23.5 Å². The van der Waals surface area contributed by atoms with Crippen molar-refractivity contribution in [3.8, 4) is 34.0 Å². The monoisotopic (exact) mass is 619 g/mol. The third-order valence-corrected chi connectivity index (χ3v) is 8.24. The third kappa shape index (κ3) is 7.13. The van der Waals surface area contributed by atoms with Gasteiger partial charge in [-0.2, -0.15) is 23.5 Å². The molecule has 6 rings (SSSR count). The normalized spacial score (nSPS) is 13.9. The molecule has 232 valence electrons. The number of alkyl halides is 3. The predicted molar refractivity (Wildman–Crippen MR) is 174 cm³/mol. The molecule has 0 unspecified atom stereocenters. The van der Waals surface area contributed by atoms with E-state index < -0.39 is 17.8 Å². The molecule has 1 saturated carbocycles. The van der Waals surface area contributed by atoms with Crippen LogP contribution >= 0.6 is 0 Å². The van der Waals surface area contributed by atoms with Gasteiger partial charge >= 0.3 is 6.18 Å². The molecule has 1 aromatic heterocycles. The fourth-order valence-electron chi connectivity index (χ4n) is 5.83. The molecular formula is C37H32F3N5O. The van der Waals surface area contributed by atoms with Crippen molar-refractivity contribution in [2.75, 3.05) is 10.6 Å². The highest BCUT2D eigenvalue weighted by molar-refractivity contribution is 6.04. The number of hydrogen-bond donors (Lipinski definition) is 2. The lowest BCUT2D eigenvalue weighted by molar-refractivity contribution is -0.141. The molecule has 4 aromatic carbocycles. The van der Waals surface area contributed by atoms with Crippen LogP contribution in [0.5, 0.6) is 0 Å². The zero-order valence-corrected chi connectivity index (χ0v) is 25.0. The van der Waals surface area contributed by atoms with Gasteiger partial charge in [0.2, 0.25) is 0 Å². The van der Waals surface area contributed by atoms with E-state index in [-0.39, 0.29) is 16.9 Å². The smallest absolute Gasteiger partial charge is 0.382 e. The number of carbonyl (C=O) groups is 1. The molecule has 1 aliphatic rings. The molecule has 0 radical (unpaired) electrons. The second-order valence-corrected chi connectivity index (χ2v) is 11.5. The molecule has 0 spiro atoms. The lowest BCUT2D eigenvalue weighted by Crippen LogP contribution is -2.17. The Morgan fingerprint density at radius 1 is 0.761 bits per heavy atom. The molecule has 5 aromatic rings. The van der Waals surface area contributed by atoms with Crippen LogP contribution < -0.4 is 10.6 Å². The molecule has 0 atom stereocenters. The summed E-state index contributed by atoms with van der Waals surface area (Å²) in [6.45, 7) is 0. The predicted octanol–water partition coefficient (Wildman–Crippen LogP) is 9.48. The van der Waals surface area contributed by atoms with Gasteiger partial charge in [0.15, 0.2) is 5.69 Å². The van der Waals surface area contributed by atoms with Crippen LogP contribution in [-0.2, 0) is 6.18 Å². The van der Waals surface area contributed by atoms with Gasteiger partial charge in [0.25, 0.3) is 5.91 Å². The number of aromatic nitrogens is 2. The second kappa shape index (κ2) is 13.3. The fraction of sp³-hybridized carbons (Fsp3) is 0.216. The van der Waals surface area contributed by atoms with Gasteiger partial charge < -0.3 is 10.6 Å². The SMILES string of the molecule is N#Cc1cccc(-n2nc(C(F)(F)F)cc2C(=O)Nc2cccc(-c3ccc(-c4ccc(NC5CCCCCC5)cc4)cc3)c2)c1. The number of nitrogens with zero attached hydrogens (tertiary/aromatic N) is 3. The van der Waals surface area contributed by atoms with Crippen LogP contribution in [0.3, 0.4) is 0 Å². The number of anilines is 2. The Balaban J connectivity index is 1.17. The molecule has 1 fully saturated rings. The van der Waals surface area contributed by atoms with Crippen molar-refractivity contribution in [3.05, 3.63) is 120 Å². The van der Waals surface area contributed by atoms with Crippen LogP contribution in [-0.4, -0.2) is 21.7 Å². The highest BCUT2D eigenvalue weighted by Crippen LogP contribution is 2.31. The van der Waals surface area contributed by atoms with E-state index in [0.29, 0.717) is 17.8 Å². The zero-order valence-electron chi connectivity index (χ0n) is 25.0. The Labute approximate surface area is 265 Å². The summed E-state index contributed by atoms with van der Waals surface area (Å²) in [5.41, 5.74) is 4.35. The Kier molecular flexibility index (Phi) is 8.88. The Bertz CT molecular complexity index is 1860. The first-order valence-electron chi connectivity index (χ1n) is 15.3. The first-order valence-corrected chi connectivity index (χ1v) is 15.3. The average Bonchev–Trinajstić information content (AvgIpc) is 3.39. The van der Waals surface area contributed by atoms with Crippen molar-refractivity contribution in [3.63, 3.8) is 0 Å². The van der Waals surface area contributed by atoms with Gasteiger partial charge in [-0.15, -0.1) is 0 Å². The second-order valence-electron chi connectivity index (χ2n) is 11.5. The summed E-state index contributed by atoms with van der Waals surface area (Å²) < 4.78 is 41.6. The lowest BCUT2D eigenvalue weighted by atomic mass is 9.99. The van der Waals surface area contributed by atoms with Gasteiger partial charge in [-0.1, -0.05) is 80.3 Å². The Morgan fingerprint density at radius 3 is 2.04 bits per heavy atom. The number of carbonyl (C=O) groups excluding carboxylic acids is 1. The number of nitriles is 1. The van der Waals surface area contributed by atoms with Gasteiger partial charge in [-0.3, -0.25) is 4.79 Å². The van der Waals surface area contributed by atoms with Gasteiger partial charge in [0.05, 0.1) is 17.3 Å².